The number of nitrogens with zero attached hydrogens (tertiary/aromatic N) is 4. The Morgan fingerprint density at radius 1 is 1.28 bits per heavy atom. The summed E-state index contributed by atoms with van der Waals surface area (Å²) in [7, 11) is 0. The summed E-state index contributed by atoms with van der Waals surface area (Å²) < 4.78 is 0. The highest BCUT2D eigenvalue weighted by Gasteiger charge is 2.29. The number of anilines is 2. The number of hydrogen-bond acceptors (Lipinski definition) is 6. The molecule has 3 heterocycles. The Morgan fingerprint density at radius 2 is 2.06 bits per heavy atom. The van der Waals surface area contributed by atoms with Crippen LogP contribution in [-0.4, -0.2) is 57.9 Å². The van der Waals surface area contributed by atoms with E-state index >= 15 is 0 Å². The van der Waals surface area contributed by atoms with E-state index in [0.717, 1.165) is 43.0 Å². The van der Waals surface area contributed by atoms with Crippen molar-refractivity contribution < 1.29 is 9.72 Å². The van der Waals surface area contributed by atoms with E-state index in [1.807, 2.05) is 23.2 Å². The van der Waals surface area contributed by atoms with Gasteiger partial charge in [-0.3, -0.25) is 14.9 Å². The third-order valence-electron chi connectivity index (χ3n) is 6.00. The number of carbonyl (C=O) groups is 1. The van der Waals surface area contributed by atoms with Crippen LogP contribution < -0.4 is 10.2 Å². The molecule has 0 saturated carbocycles. The Kier molecular flexibility index (Phi) is 6.25. The van der Waals surface area contributed by atoms with Crippen LogP contribution in [0.15, 0.2) is 42.6 Å². The lowest BCUT2D eigenvalue weighted by atomic mass is 10.0. The molecule has 168 valence electrons. The van der Waals surface area contributed by atoms with E-state index in [0.29, 0.717) is 30.2 Å². The Bertz CT molecular complexity index is 1120. The van der Waals surface area contributed by atoms with Gasteiger partial charge in [0.25, 0.3) is 11.6 Å². The highest BCUT2D eigenvalue weighted by molar-refractivity contribution is 5.98. The standard InChI is InChI=1S/C23H28N6O3/c1-3-24-20-6-5-11-25-22(20)28(4-2)17-9-12-27(13-10-17)23(30)21-15-16-14-18(29(31)32)7-8-19(16)26-21/h5-8,11,14-15,17,24,26H,3-4,9-10,12-13H2,1-2H3. The largest absolute Gasteiger partial charge is 0.382 e. The fraction of sp³-hybridized carbons (Fsp3) is 0.391. The number of aromatic nitrogens is 2. The number of benzene rings is 1. The first-order valence-corrected chi connectivity index (χ1v) is 11.0. The maximum absolute atomic E-state index is 13.1. The number of H-pyrrole nitrogens is 1. The number of aromatic amines is 1. The fourth-order valence-corrected chi connectivity index (χ4v) is 4.43. The van der Waals surface area contributed by atoms with Crippen molar-refractivity contribution in [3.05, 3.63) is 58.4 Å². The molecule has 9 heteroatoms. The Balaban J connectivity index is 1.45. The lowest BCUT2D eigenvalue weighted by Crippen LogP contribution is -2.47. The van der Waals surface area contributed by atoms with Gasteiger partial charge in [0.2, 0.25) is 0 Å². The fourth-order valence-electron chi connectivity index (χ4n) is 4.43. The van der Waals surface area contributed by atoms with Crippen molar-refractivity contribution in [2.45, 2.75) is 32.7 Å². The first kappa shape index (κ1) is 21.6. The number of amides is 1. The molecule has 0 radical (unpaired) electrons. The summed E-state index contributed by atoms with van der Waals surface area (Å²) in [6, 6.07) is 10.6. The minimum Gasteiger partial charge on any atom is -0.382 e. The quantitative estimate of drug-likeness (QED) is 0.428. The number of pyridine rings is 1. The molecule has 1 aliphatic heterocycles. The molecule has 1 amide bonds. The van der Waals surface area contributed by atoms with Crippen LogP contribution in [0, 0.1) is 10.1 Å². The molecule has 4 rings (SSSR count). The molecule has 2 aromatic heterocycles. The van der Waals surface area contributed by atoms with Gasteiger partial charge in [-0.05, 0) is 51.0 Å². The molecule has 0 bridgehead atoms. The first-order chi connectivity index (χ1) is 15.5. The number of piperidine rings is 1. The maximum Gasteiger partial charge on any atom is 0.270 e. The van der Waals surface area contributed by atoms with Gasteiger partial charge in [0.1, 0.15) is 5.69 Å². The van der Waals surface area contributed by atoms with Crippen molar-refractivity contribution in [1.82, 2.24) is 14.9 Å². The van der Waals surface area contributed by atoms with Gasteiger partial charge in [0.15, 0.2) is 5.82 Å². The average molecular weight is 437 g/mol. The summed E-state index contributed by atoms with van der Waals surface area (Å²) in [5, 5.41) is 15.1. The normalized spacial score (nSPS) is 14.5. The van der Waals surface area contributed by atoms with E-state index in [2.05, 4.69) is 34.0 Å². The molecule has 0 atom stereocenters. The van der Waals surface area contributed by atoms with E-state index in [1.54, 1.807) is 12.1 Å². The molecule has 0 unspecified atom stereocenters. The molecule has 3 aromatic rings. The second-order valence-corrected chi connectivity index (χ2v) is 7.93. The molecule has 2 N–H and O–H groups in total. The van der Waals surface area contributed by atoms with Crippen molar-refractivity contribution in [2.75, 3.05) is 36.4 Å². The lowest BCUT2D eigenvalue weighted by Gasteiger charge is -2.39. The van der Waals surface area contributed by atoms with Crippen molar-refractivity contribution in [3.63, 3.8) is 0 Å². The number of nitro benzene ring substituents is 1. The molecule has 1 aliphatic rings. The first-order valence-electron chi connectivity index (χ1n) is 11.0. The minimum atomic E-state index is -0.429. The predicted octanol–water partition coefficient (Wildman–Crippen LogP) is 4.03. The Labute approximate surface area is 186 Å². The summed E-state index contributed by atoms with van der Waals surface area (Å²) >= 11 is 0. The molecule has 1 aromatic carbocycles. The summed E-state index contributed by atoms with van der Waals surface area (Å²) in [6.45, 7) is 7.18. The van der Waals surface area contributed by atoms with Gasteiger partial charge in [-0.1, -0.05) is 0 Å². The van der Waals surface area contributed by atoms with Crippen LogP contribution in [-0.2, 0) is 0 Å². The van der Waals surface area contributed by atoms with Gasteiger partial charge < -0.3 is 20.1 Å². The predicted molar refractivity (Wildman–Crippen MR) is 125 cm³/mol. The zero-order valence-electron chi connectivity index (χ0n) is 18.4. The Morgan fingerprint density at radius 3 is 2.75 bits per heavy atom. The smallest absolute Gasteiger partial charge is 0.270 e. The molecule has 0 aliphatic carbocycles. The van der Waals surface area contributed by atoms with E-state index in [9.17, 15) is 14.9 Å². The highest BCUT2D eigenvalue weighted by atomic mass is 16.6. The monoisotopic (exact) mass is 436 g/mol. The van der Waals surface area contributed by atoms with Crippen molar-refractivity contribution in [2.24, 2.45) is 0 Å². The molecule has 32 heavy (non-hydrogen) atoms. The third kappa shape index (κ3) is 4.23. The van der Waals surface area contributed by atoms with Crippen LogP contribution in [0.25, 0.3) is 10.9 Å². The van der Waals surface area contributed by atoms with Crippen LogP contribution in [0.1, 0.15) is 37.2 Å². The number of nitrogens with one attached hydrogen (secondary N) is 2. The van der Waals surface area contributed by atoms with Crippen molar-refractivity contribution in [3.8, 4) is 0 Å². The molecule has 0 spiro atoms. The van der Waals surface area contributed by atoms with Crippen LogP contribution in [0.4, 0.5) is 17.2 Å². The summed E-state index contributed by atoms with van der Waals surface area (Å²) in [5.41, 5.74) is 2.23. The zero-order valence-corrected chi connectivity index (χ0v) is 18.4. The van der Waals surface area contributed by atoms with Gasteiger partial charge in [-0.2, -0.15) is 0 Å². The lowest BCUT2D eigenvalue weighted by molar-refractivity contribution is -0.384. The topological polar surface area (TPSA) is 107 Å². The summed E-state index contributed by atoms with van der Waals surface area (Å²) in [5.74, 6) is 0.885. The molecule has 1 fully saturated rings. The number of likely N-dealkylation sites (tertiary alicyclic amines) is 1. The van der Waals surface area contributed by atoms with Crippen LogP contribution >= 0.6 is 0 Å². The maximum atomic E-state index is 13.1. The number of hydrogen-bond donors (Lipinski definition) is 2. The molecule has 9 nitrogen and oxygen atoms in total. The molecular formula is C23H28N6O3. The SMILES string of the molecule is CCNc1cccnc1N(CC)C1CCN(C(=O)c2cc3cc([N+](=O)[O-])ccc3[nH]2)CC1. The van der Waals surface area contributed by atoms with Gasteiger partial charge >= 0.3 is 0 Å². The number of non-ortho nitro benzene ring substituents is 1. The number of fused-ring (bicyclic) bond motifs is 1. The van der Waals surface area contributed by atoms with E-state index in [4.69, 9.17) is 0 Å². The number of rotatable bonds is 7. The van der Waals surface area contributed by atoms with Gasteiger partial charge in [-0.25, -0.2) is 4.98 Å². The van der Waals surface area contributed by atoms with Gasteiger partial charge in [-0.15, -0.1) is 0 Å². The van der Waals surface area contributed by atoms with Crippen molar-refractivity contribution in [1.29, 1.82) is 0 Å². The average Bonchev–Trinajstić information content (AvgIpc) is 3.24. The summed E-state index contributed by atoms with van der Waals surface area (Å²) in [4.78, 5) is 35.6. The summed E-state index contributed by atoms with van der Waals surface area (Å²) in [6.07, 6.45) is 3.53. The van der Waals surface area contributed by atoms with E-state index in [1.165, 1.54) is 12.1 Å². The molecule has 1 saturated heterocycles. The Hall–Kier alpha value is -3.62. The van der Waals surface area contributed by atoms with Crippen LogP contribution in [0.2, 0.25) is 0 Å². The number of nitro groups is 1. The van der Waals surface area contributed by atoms with Gasteiger partial charge in [0, 0.05) is 61.5 Å². The zero-order chi connectivity index (χ0) is 22.7. The number of carbonyl (C=O) groups excluding carboxylic acids is 1. The van der Waals surface area contributed by atoms with E-state index < -0.39 is 4.92 Å². The van der Waals surface area contributed by atoms with E-state index in [-0.39, 0.29) is 11.6 Å². The third-order valence-corrected chi connectivity index (χ3v) is 6.00. The molecular weight excluding hydrogens is 408 g/mol. The van der Waals surface area contributed by atoms with Gasteiger partial charge in [0.05, 0.1) is 10.6 Å². The van der Waals surface area contributed by atoms with Crippen molar-refractivity contribution >= 4 is 34.0 Å². The second kappa shape index (κ2) is 9.25. The minimum absolute atomic E-state index is 0.0161. The van der Waals surface area contributed by atoms with Crippen LogP contribution in [0.3, 0.4) is 0 Å². The second-order valence-electron chi connectivity index (χ2n) is 7.93. The van der Waals surface area contributed by atoms with Crippen LogP contribution in [0.5, 0.6) is 0 Å². The highest BCUT2D eigenvalue weighted by Crippen LogP contribution is 2.29.